The average molecular weight is 407 g/mol. The van der Waals surface area contributed by atoms with Gasteiger partial charge >= 0.3 is 0 Å². The maximum Gasteiger partial charge on any atom is 0.191 e. The van der Waals surface area contributed by atoms with Crippen LogP contribution in [0.1, 0.15) is 31.4 Å². The molecule has 7 nitrogen and oxygen atoms in total. The fourth-order valence-corrected chi connectivity index (χ4v) is 3.56. The number of nitrogens with zero attached hydrogens (tertiary/aromatic N) is 2. The number of benzene rings is 1. The van der Waals surface area contributed by atoms with Crippen LogP contribution in [-0.2, 0) is 27.3 Å². The van der Waals surface area contributed by atoms with Crippen LogP contribution in [0.3, 0.4) is 0 Å². The second-order valence-corrected chi connectivity index (χ2v) is 7.53. The summed E-state index contributed by atoms with van der Waals surface area (Å²) in [6, 6.07) is 8.61. The fourth-order valence-electron chi connectivity index (χ4n) is 3.56. The number of rotatable bonds is 11. The van der Waals surface area contributed by atoms with Gasteiger partial charge in [-0.2, -0.15) is 0 Å². The largest absolute Gasteiger partial charge is 0.382 e. The summed E-state index contributed by atoms with van der Waals surface area (Å²) in [4.78, 5) is 6.80. The zero-order valence-electron chi connectivity index (χ0n) is 18.4. The summed E-state index contributed by atoms with van der Waals surface area (Å²) in [6.07, 6.45) is 1.49. The first-order valence-corrected chi connectivity index (χ1v) is 10.6. The van der Waals surface area contributed by atoms with E-state index in [1.807, 2.05) is 0 Å². The number of methoxy groups -OCH3 is 1. The van der Waals surface area contributed by atoms with E-state index in [4.69, 9.17) is 14.2 Å². The Morgan fingerprint density at radius 2 is 1.83 bits per heavy atom. The van der Waals surface area contributed by atoms with Crippen LogP contribution < -0.4 is 10.6 Å². The molecule has 2 atom stereocenters. The molecule has 0 saturated carbocycles. The molecule has 0 aliphatic carbocycles. The van der Waals surface area contributed by atoms with Crippen molar-refractivity contribution in [1.29, 1.82) is 0 Å². The van der Waals surface area contributed by atoms with Crippen molar-refractivity contribution < 1.29 is 14.2 Å². The normalized spacial score (nSPS) is 20.6. The van der Waals surface area contributed by atoms with Gasteiger partial charge in [-0.05, 0) is 31.4 Å². The van der Waals surface area contributed by atoms with Crippen LogP contribution in [0.4, 0.5) is 0 Å². The highest BCUT2D eigenvalue weighted by Crippen LogP contribution is 2.17. The predicted molar refractivity (Wildman–Crippen MR) is 117 cm³/mol. The van der Waals surface area contributed by atoms with E-state index in [0.29, 0.717) is 19.8 Å². The van der Waals surface area contributed by atoms with Crippen molar-refractivity contribution in [2.45, 2.75) is 45.6 Å². The molecule has 2 unspecified atom stereocenters. The standard InChI is InChI=1S/C22H38N4O3/c1-18-15-26(16-19(2)29-18)17-21-9-6-5-8-20(21)14-25-22(23-3)24-10-7-11-28-13-12-27-4/h5-6,8-9,18-19H,7,10-17H2,1-4H3,(H2,23,24,25). The van der Waals surface area contributed by atoms with Crippen molar-refractivity contribution in [3.05, 3.63) is 35.4 Å². The monoisotopic (exact) mass is 406 g/mol. The van der Waals surface area contributed by atoms with Crippen LogP contribution >= 0.6 is 0 Å². The second kappa shape index (κ2) is 13.5. The fraction of sp³-hybridized carbons (Fsp3) is 0.682. The quantitative estimate of drug-likeness (QED) is 0.333. The number of hydrogen-bond donors (Lipinski definition) is 2. The van der Waals surface area contributed by atoms with E-state index in [1.54, 1.807) is 14.2 Å². The first-order valence-electron chi connectivity index (χ1n) is 10.6. The molecule has 0 spiro atoms. The van der Waals surface area contributed by atoms with E-state index in [9.17, 15) is 0 Å². The highest BCUT2D eigenvalue weighted by atomic mass is 16.5. The Morgan fingerprint density at radius 3 is 2.52 bits per heavy atom. The Kier molecular flexibility index (Phi) is 11.0. The third-order valence-corrected chi connectivity index (χ3v) is 4.87. The van der Waals surface area contributed by atoms with E-state index >= 15 is 0 Å². The number of aliphatic imine (C=N–C) groups is 1. The molecular weight excluding hydrogens is 368 g/mol. The maximum atomic E-state index is 5.86. The van der Waals surface area contributed by atoms with Gasteiger partial charge in [-0.1, -0.05) is 24.3 Å². The minimum Gasteiger partial charge on any atom is -0.382 e. The van der Waals surface area contributed by atoms with Crippen LogP contribution in [0.25, 0.3) is 0 Å². The lowest BCUT2D eigenvalue weighted by atomic mass is 10.1. The molecule has 1 fully saturated rings. The first-order chi connectivity index (χ1) is 14.1. The van der Waals surface area contributed by atoms with Gasteiger partial charge in [0.05, 0.1) is 25.4 Å². The van der Waals surface area contributed by atoms with E-state index < -0.39 is 0 Å². The summed E-state index contributed by atoms with van der Waals surface area (Å²) in [5, 5.41) is 6.77. The number of nitrogens with one attached hydrogen (secondary N) is 2. The molecule has 0 aromatic heterocycles. The minimum absolute atomic E-state index is 0.283. The lowest BCUT2D eigenvalue weighted by Crippen LogP contribution is -2.45. The summed E-state index contributed by atoms with van der Waals surface area (Å²) >= 11 is 0. The van der Waals surface area contributed by atoms with E-state index in [-0.39, 0.29) is 12.2 Å². The molecule has 2 N–H and O–H groups in total. The van der Waals surface area contributed by atoms with Gasteiger partial charge in [0.1, 0.15) is 0 Å². The second-order valence-electron chi connectivity index (χ2n) is 7.53. The predicted octanol–water partition coefficient (Wildman–Crippen LogP) is 2.01. The van der Waals surface area contributed by atoms with Crippen LogP contribution in [0.5, 0.6) is 0 Å². The van der Waals surface area contributed by atoms with Crippen molar-refractivity contribution in [1.82, 2.24) is 15.5 Å². The zero-order chi connectivity index (χ0) is 20.9. The molecule has 164 valence electrons. The molecule has 7 heteroatoms. The third kappa shape index (κ3) is 9.12. The Bertz CT molecular complexity index is 601. The van der Waals surface area contributed by atoms with Gasteiger partial charge in [-0.25, -0.2) is 0 Å². The summed E-state index contributed by atoms with van der Waals surface area (Å²) in [5.41, 5.74) is 2.65. The summed E-state index contributed by atoms with van der Waals surface area (Å²) in [7, 11) is 3.48. The molecule has 0 amide bonds. The van der Waals surface area contributed by atoms with Crippen LogP contribution in [0, 0.1) is 0 Å². The van der Waals surface area contributed by atoms with Crippen molar-refractivity contribution in [3.8, 4) is 0 Å². The Hall–Kier alpha value is -1.67. The van der Waals surface area contributed by atoms with Crippen molar-refractivity contribution in [2.24, 2.45) is 4.99 Å². The molecule has 0 bridgehead atoms. The molecule has 1 saturated heterocycles. The molecule has 1 heterocycles. The lowest BCUT2D eigenvalue weighted by Gasteiger charge is -2.35. The molecule has 1 aromatic carbocycles. The summed E-state index contributed by atoms with van der Waals surface area (Å²) in [5.74, 6) is 0.810. The summed E-state index contributed by atoms with van der Waals surface area (Å²) in [6.45, 7) is 10.7. The smallest absolute Gasteiger partial charge is 0.191 e. The highest BCUT2D eigenvalue weighted by Gasteiger charge is 2.22. The van der Waals surface area contributed by atoms with Gasteiger partial charge in [0.15, 0.2) is 5.96 Å². The number of ether oxygens (including phenoxy) is 3. The van der Waals surface area contributed by atoms with E-state index in [1.165, 1.54) is 11.1 Å². The Labute approximate surface area is 175 Å². The SMILES string of the molecule is CN=C(NCCCOCCOC)NCc1ccccc1CN1CC(C)OC(C)C1. The van der Waals surface area contributed by atoms with Crippen LogP contribution in [-0.4, -0.2) is 76.7 Å². The van der Waals surface area contributed by atoms with Gasteiger partial charge < -0.3 is 24.8 Å². The van der Waals surface area contributed by atoms with Gasteiger partial charge in [-0.3, -0.25) is 9.89 Å². The maximum absolute atomic E-state index is 5.86. The minimum atomic E-state index is 0.283. The molecule has 1 aliphatic heterocycles. The molecule has 29 heavy (non-hydrogen) atoms. The summed E-state index contributed by atoms with van der Waals surface area (Å²) < 4.78 is 16.3. The topological polar surface area (TPSA) is 67.4 Å². The highest BCUT2D eigenvalue weighted by molar-refractivity contribution is 5.79. The van der Waals surface area contributed by atoms with Crippen LogP contribution in [0.15, 0.2) is 29.3 Å². The number of hydrogen-bond acceptors (Lipinski definition) is 5. The van der Waals surface area contributed by atoms with Crippen molar-refractivity contribution in [2.75, 3.05) is 53.6 Å². The van der Waals surface area contributed by atoms with Gasteiger partial charge in [0.25, 0.3) is 0 Å². The van der Waals surface area contributed by atoms with Crippen molar-refractivity contribution >= 4 is 5.96 Å². The molecule has 0 radical (unpaired) electrons. The number of morpholine rings is 1. The third-order valence-electron chi connectivity index (χ3n) is 4.87. The molecule has 2 rings (SSSR count). The van der Waals surface area contributed by atoms with Gasteiger partial charge in [0.2, 0.25) is 0 Å². The molecule has 1 aliphatic rings. The van der Waals surface area contributed by atoms with E-state index in [2.05, 4.69) is 58.6 Å². The Balaban J connectivity index is 1.77. The van der Waals surface area contributed by atoms with Gasteiger partial charge in [-0.15, -0.1) is 0 Å². The van der Waals surface area contributed by atoms with Gasteiger partial charge in [0, 0.05) is 53.5 Å². The lowest BCUT2D eigenvalue weighted by molar-refractivity contribution is -0.0705. The average Bonchev–Trinajstić information content (AvgIpc) is 2.70. The Morgan fingerprint density at radius 1 is 1.10 bits per heavy atom. The first kappa shape index (κ1) is 23.6. The van der Waals surface area contributed by atoms with E-state index in [0.717, 1.165) is 45.1 Å². The number of guanidine groups is 1. The van der Waals surface area contributed by atoms with Crippen molar-refractivity contribution in [3.63, 3.8) is 0 Å². The molecule has 1 aromatic rings. The van der Waals surface area contributed by atoms with Crippen LogP contribution in [0.2, 0.25) is 0 Å². The molecular formula is C22H38N4O3. The zero-order valence-corrected chi connectivity index (χ0v) is 18.4.